The fourth-order valence-electron chi connectivity index (χ4n) is 5.60. The number of sulfonamides is 1. The molecule has 2 aromatic rings. The Morgan fingerprint density at radius 2 is 1.84 bits per heavy atom. The van der Waals surface area contributed by atoms with E-state index >= 15 is 4.39 Å². The number of ether oxygens (including phenoxy) is 2. The number of fused-ring (bicyclic) bond motifs is 2. The maximum atomic E-state index is 15.1. The van der Waals surface area contributed by atoms with E-state index in [1.807, 2.05) is 0 Å². The third kappa shape index (κ3) is 6.04. The molecule has 0 spiro atoms. The van der Waals surface area contributed by atoms with E-state index in [4.69, 9.17) is 21.1 Å². The van der Waals surface area contributed by atoms with Crippen LogP contribution in [0.5, 0.6) is 11.5 Å². The maximum Gasteiger partial charge on any atom is 0.410 e. The molecule has 4 heterocycles. The number of hydrogen-bond acceptors (Lipinski definition) is 9. The molecule has 234 valence electrons. The summed E-state index contributed by atoms with van der Waals surface area (Å²) in [6.45, 7) is 8.10. The molecule has 3 aliphatic heterocycles. The van der Waals surface area contributed by atoms with Gasteiger partial charge in [-0.25, -0.2) is 22.6 Å². The molecular formula is C28H35ClFN5O7S. The zero-order valence-electron chi connectivity index (χ0n) is 24.6. The Morgan fingerprint density at radius 3 is 2.47 bits per heavy atom. The molecule has 2 amide bonds. The van der Waals surface area contributed by atoms with Gasteiger partial charge in [0.1, 0.15) is 45.9 Å². The summed E-state index contributed by atoms with van der Waals surface area (Å²) < 4.78 is 52.7. The minimum atomic E-state index is -3.47. The van der Waals surface area contributed by atoms with Gasteiger partial charge in [0.2, 0.25) is 10.0 Å². The van der Waals surface area contributed by atoms with E-state index in [1.165, 1.54) is 21.3 Å². The van der Waals surface area contributed by atoms with Gasteiger partial charge >= 0.3 is 6.09 Å². The van der Waals surface area contributed by atoms with Crippen molar-refractivity contribution < 1.29 is 37.0 Å². The van der Waals surface area contributed by atoms with Crippen LogP contribution >= 0.6 is 11.6 Å². The SMILES string of the molecule is C[C@H]1CN(S(C)(=O)=O)CCN1c1nc(-c2c(O)cccc2F)c(Cl)c2c1C(=O)N1CCN(C(=O)OC(C)(C)C)C[C@@H]1CO2. The number of aromatic nitrogens is 1. The van der Waals surface area contributed by atoms with Crippen molar-refractivity contribution in [1.29, 1.82) is 0 Å². The van der Waals surface area contributed by atoms with Gasteiger partial charge in [-0.1, -0.05) is 17.7 Å². The Labute approximate surface area is 255 Å². The molecule has 5 rings (SSSR count). The second-order valence-corrected chi connectivity index (χ2v) is 14.3. The quantitative estimate of drug-likeness (QED) is 0.538. The number of phenols is 1. The van der Waals surface area contributed by atoms with E-state index in [1.54, 1.807) is 37.5 Å². The molecule has 0 radical (unpaired) electrons. The molecule has 0 bridgehead atoms. The molecule has 15 heteroatoms. The molecule has 0 unspecified atom stereocenters. The van der Waals surface area contributed by atoms with Crippen LogP contribution in [0.25, 0.3) is 11.3 Å². The zero-order chi connectivity index (χ0) is 31.4. The average Bonchev–Trinajstić information content (AvgIpc) is 3.05. The Morgan fingerprint density at radius 1 is 1.14 bits per heavy atom. The zero-order valence-corrected chi connectivity index (χ0v) is 26.2. The first-order chi connectivity index (χ1) is 20.1. The Hall–Kier alpha value is -3.36. The number of rotatable bonds is 3. The predicted octanol–water partition coefficient (Wildman–Crippen LogP) is 3.17. The van der Waals surface area contributed by atoms with E-state index in [-0.39, 0.29) is 79.3 Å². The smallest absolute Gasteiger partial charge is 0.410 e. The third-order valence-electron chi connectivity index (χ3n) is 7.66. The lowest BCUT2D eigenvalue weighted by atomic mass is 10.0. The number of carbonyl (C=O) groups is 2. The predicted molar refractivity (Wildman–Crippen MR) is 158 cm³/mol. The Kier molecular flexibility index (Phi) is 8.16. The molecule has 3 aliphatic rings. The van der Waals surface area contributed by atoms with Crippen LogP contribution in [-0.4, -0.2) is 114 Å². The minimum absolute atomic E-state index is 0.0229. The van der Waals surface area contributed by atoms with Gasteiger partial charge in [0.25, 0.3) is 5.91 Å². The lowest BCUT2D eigenvalue weighted by molar-refractivity contribution is 0.000952. The normalized spacial score (nSPS) is 21.6. The molecule has 1 N–H and O–H groups in total. The molecule has 0 saturated carbocycles. The van der Waals surface area contributed by atoms with E-state index < -0.39 is 51.3 Å². The van der Waals surface area contributed by atoms with Crippen LogP contribution in [0, 0.1) is 5.82 Å². The topological polar surface area (TPSA) is 133 Å². The number of carbonyl (C=O) groups excluding carboxylic acids is 2. The van der Waals surface area contributed by atoms with Crippen LogP contribution in [0.2, 0.25) is 5.02 Å². The van der Waals surface area contributed by atoms with Gasteiger partial charge in [-0.2, -0.15) is 4.31 Å². The summed E-state index contributed by atoms with van der Waals surface area (Å²) in [4.78, 5) is 36.6. The third-order valence-corrected chi connectivity index (χ3v) is 9.28. The van der Waals surface area contributed by atoms with Crippen molar-refractivity contribution in [2.24, 2.45) is 0 Å². The van der Waals surface area contributed by atoms with Crippen molar-refractivity contribution in [3.8, 4) is 22.8 Å². The number of piperazine rings is 2. The first-order valence-corrected chi connectivity index (χ1v) is 16.1. The highest BCUT2D eigenvalue weighted by molar-refractivity contribution is 7.88. The van der Waals surface area contributed by atoms with E-state index in [0.717, 1.165) is 12.3 Å². The first-order valence-electron chi connectivity index (χ1n) is 13.9. The number of nitrogens with zero attached hydrogens (tertiary/aromatic N) is 5. The van der Waals surface area contributed by atoms with Crippen molar-refractivity contribution in [3.63, 3.8) is 0 Å². The van der Waals surface area contributed by atoms with Gasteiger partial charge in [-0.3, -0.25) is 4.79 Å². The van der Waals surface area contributed by atoms with Crippen LogP contribution in [0.1, 0.15) is 38.1 Å². The molecule has 1 aromatic heterocycles. The number of aromatic hydroxyl groups is 1. The number of hydrogen-bond donors (Lipinski definition) is 1. The fourth-order valence-corrected chi connectivity index (χ4v) is 6.79. The molecule has 2 fully saturated rings. The standard InChI is InChI=1S/C28H35ClFN5O7S/c1-16-13-33(43(5,39)40)10-12-34(16)25-21-24(22(29)23(31-25)20-18(30)7-6-8-19(20)36)41-15-17-14-32(9-11-35(17)26(21)37)27(38)42-28(2,3)4/h6-8,16-17,36H,9-15H2,1-5H3/t16-,17+/m0/s1. The minimum Gasteiger partial charge on any atom is -0.507 e. The number of anilines is 1. The molecule has 2 saturated heterocycles. The van der Waals surface area contributed by atoms with Crippen LogP contribution in [0.15, 0.2) is 18.2 Å². The number of benzene rings is 1. The monoisotopic (exact) mass is 639 g/mol. The van der Waals surface area contributed by atoms with Crippen molar-refractivity contribution >= 4 is 39.4 Å². The highest BCUT2D eigenvalue weighted by atomic mass is 35.5. The van der Waals surface area contributed by atoms with Crippen molar-refractivity contribution in [2.45, 2.75) is 45.4 Å². The lowest BCUT2D eigenvalue weighted by Crippen LogP contribution is -2.58. The van der Waals surface area contributed by atoms with Gasteiger partial charge in [0.15, 0.2) is 5.75 Å². The number of phenolic OH excluding ortho intramolecular Hbond substituents is 1. The fraction of sp³-hybridized carbons (Fsp3) is 0.536. The molecular weight excluding hydrogens is 605 g/mol. The highest BCUT2D eigenvalue weighted by Crippen LogP contribution is 2.46. The van der Waals surface area contributed by atoms with Gasteiger partial charge in [-0.05, 0) is 39.8 Å². The van der Waals surface area contributed by atoms with E-state index in [9.17, 15) is 23.1 Å². The number of halogens is 2. The average molecular weight is 640 g/mol. The second kappa shape index (κ2) is 11.3. The molecule has 1 aromatic carbocycles. The van der Waals surface area contributed by atoms with E-state index in [0.29, 0.717) is 0 Å². The van der Waals surface area contributed by atoms with Crippen LogP contribution in [-0.2, 0) is 14.8 Å². The number of pyridine rings is 1. The molecule has 2 atom stereocenters. The van der Waals surface area contributed by atoms with Gasteiger partial charge in [0.05, 0.1) is 17.9 Å². The maximum absolute atomic E-state index is 15.1. The van der Waals surface area contributed by atoms with Crippen LogP contribution in [0.4, 0.5) is 15.0 Å². The van der Waals surface area contributed by atoms with Gasteiger partial charge < -0.3 is 29.3 Å². The van der Waals surface area contributed by atoms with Crippen molar-refractivity contribution in [3.05, 3.63) is 34.6 Å². The summed E-state index contributed by atoms with van der Waals surface area (Å²) in [7, 11) is -3.47. The summed E-state index contributed by atoms with van der Waals surface area (Å²) in [6.07, 6.45) is 0.631. The Bertz CT molecular complexity index is 1550. The summed E-state index contributed by atoms with van der Waals surface area (Å²) in [5, 5.41) is 10.4. The largest absolute Gasteiger partial charge is 0.507 e. The summed E-state index contributed by atoms with van der Waals surface area (Å²) in [6, 6.07) is 2.82. The van der Waals surface area contributed by atoms with E-state index in [2.05, 4.69) is 4.98 Å². The van der Waals surface area contributed by atoms with Gasteiger partial charge in [-0.15, -0.1) is 0 Å². The van der Waals surface area contributed by atoms with Crippen LogP contribution in [0.3, 0.4) is 0 Å². The first kappa shape index (κ1) is 31.1. The Balaban J connectivity index is 1.59. The summed E-state index contributed by atoms with van der Waals surface area (Å²) in [5.41, 5.74) is -1.02. The molecule has 12 nitrogen and oxygen atoms in total. The second-order valence-electron chi connectivity index (χ2n) is 12.0. The van der Waals surface area contributed by atoms with Crippen molar-refractivity contribution in [2.75, 3.05) is 57.0 Å². The number of amides is 2. The van der Waals surface area contributed by atoms with Gasteiger partial charge in [0, 0.05) is 45.3 Å². The lowest BCUT2D eigenvalue weighted by Gasteiger charge is -2.41. The van der Waals surface area contributed by atoms with Crippen LogP contribution < -0.4 is 9.64 Å². The summed E-state index contributed by atoms with van der Waals surface area (Å²) >= 11 is 6.80. The van der Waals surface area contributed by atoms with Crippen molar-refractivity contribution in [1.82, 2.24) is 19.1 Å². The molecule has 0 aliphatic carbocycles. The molecule has 43 heavy (non-hydrogen) atoms. The summed E-state index contributed by atoms with van der Waals surface area (Å²) in [5.74, 6) is -1.50. The highest BCUT2D eigenvalue weighted by Gasteiger charge is 2.43.